The monoisotopic (exact) mass is 494 g/mol. The number of rotatable bonds is 2. The highest BCUT2D eigenvalue weighted by Gasteiger charge is 2.51. The molecule has 0 unspecified atom stereocenters. The van der Waals surface area contributed by atoms with Crippen LogP contribution in [0.2, 0.25) is 0 Å². The van der Waals surface area contributed by atoms with Gasteiger partial charge in [0.25, 0.3) is 0 Å². The van der Waals surface area contributed by atoms with Crippen LogP contribution < -0.4 is 5.46 Å². The minimum Gasteiger partial charge on any atom is -0.455 e. The van der Waals surface area contributed by atoms with Crippen LogP contribution in [0.25, 0.3) is 66.1 Å². The molecule has 5 aromatic carbocycles. The zero-order chi connectivity index (χ0) is 25.8. The topological polar surface area (TPSA) is 31.6 Å². The molecule has 0 spiro atoms. The van der Waals surface area contributed by atoms with Gasteiger partial charge in [-0.05, 0) is 83.9 Å². The fourth-order valence-electron chi connectivity index (χ4n) is 6.13. The maximum atomic E-state index is 6.49. The summed E-state index contributed by atoms with van der Waals surface area (Å²) in [5.74, 6) is 0. The van der Waals surface area contributed by atoms with E-state index in [1.807, 2.05) is 6.07 Å². The molecule has 0 radical (unpaired) electrons. The predicted molar refractivity (Wildman–Crippen MR) is 157 cm³/mol. The summed E-state index contributed by atoms with van der Waals surface area (Å²) in [6.07, 6.45) is 0. The molecule has 1 aliphatic heterocycles. The summed E-state index contributed by atoms with van der Waals surface area (Å²) in [4.78, 5) is 0. The molecule has 0 amide bonds. The summed E-state index contributed by atoms with van der Waals surface area (Å²) in [5, 5.41) is 4.81. The molecule has 2 aliphatic rings. The van der Waals surface area contributed by atoms with E-state index in [4.69, 9.17) is 13.7 Å². The summed E-state index contributed by atoms with van der Waals surface area (Å²) in [6.45, 7) is 8.34. The third kappa shape index (κ3) is 2.93. The normalized spacial score (nSPS) is 17.1. The van der Waals surface area contributed by atoms with Crippen molar-refractivity contribution in [2.24, 2.45) is 0 Å². The lowest BCUT2D eigenvalue weighted by Crippen LogP contribution is -2.41. The molecule has 8 rings (SSSR count). The molecular formula is C34H27BO3. The first-order valence-electron chi connectivity index (χ1n) is 13.3. The van der Waals surface area contributed by atoms with Gasteiger partial charge < -0.3 is 13.7 Å². The van der Waals surface area contributed by atoms with Crippen LogP contribution in [0.15, 0.2) is 95.4 Å². The third-order valence-corrected chi connectivity index (χ3v) is 8.86. The zero-order valence-electron chi connectivity index (χ0n) is 22.0. The Bertz CT molecular complexity index is 1920. The fraction of sp³-hybridized carbons (Fsp3) is 0.176. The van der Waals surface area contributed by atoms with E-state index >= 15 is 0 Å². The number of benzene rings is 5. The second-order valence-electron chi connectivity index (χ2n) is 11.6. The van der Waals surface area contributed by atoms with Crippen LogP contribution in [0.3, 0.4) is 0 Å². The number of hydrogen-bond acceptors (Lipinski definition) is 3. The molecule has 184 valence electrons. The summed E-state index contributed by atoms with van der Waals surface area (Å²) < 4.78 is 19.1. The van der Waals surface area contributed by atoms with Crippen molar-refractivity contribution in [3.8, 4) is 33.4 Å². The van der Waals surface area contributed by atoms with Crippen LogP contribution in [0.1, 0.15) is 27.7 Å². The Morgan fingerprint density at radius 3 is 2.03 bits per heavy atom. The molecule has 1 aliphatic carbocycles. The van der Waals surface area contributed by atoms with Gasteiger partial charge in [0.1, 0.15) is 11.2 Å². The van der Waals surface area contributed by atoms with Crippen LogP contribution in [-0.2, 0) is 9.31 Å². The van der Waals surface area contributed by atoms with Crippen molar-refractivity contribution in [2.75, 3.05) is 0 Å². The van der Waals surface area contributed by atoms with Crippen LogP contribution in [-0.4, -0.2) is 18.3 Å². The van der Waals surface area contributed by atoms with Gasteiger partial charge in [0, 0.05) is 16.3 Å². The van der Waals surface area contributed by atoms with E-state index in [0.29, 0.717) is 0 Å². The van der Waals surface area contributed by atoms with E-state index in [-0.39, 0.29) is 11.2 Å². The third-order valence-electron chi connectivity index (χ3n) is 8.86. The number of hydrogen-bond donors (Lipinski definition) is 0. The van der Waals surface area contributed by atoms with E-state index in [0.717, 1.165) is 38.5 Å². The molecule has 3 nitrogen and oxygen atoms in total. The smallest absolute Gasteiger partial charge is 0.455 e. The summed E-state index contributed by atoms with van der Waals surface area (Å²) in [5.41, 5.74) is 9.48. The molecule has 0 saturated carbocycles. The molecule has 1 aromatic heterocycles. The average molecular weight is 494 g/mol. The maximum Gasteiger partial charge on any atom is 0.494 e. The Hall–Kier alpha value is -3.86. The summed E-state index contributed by atoms with van der Waals surface area (Å²) in [6, 6.07) is 32.6. The van der Waals surface area contributed by atoms with E-state index < -0.39 is 7.12 Å². The van der Waals surface area contributed by atoms with Crippen LogP contribution >= 0.6 is 0 Å². The van der Waals surface area contributed by atoms with Gasteiger partial charge in [0.2, 0.25) is 0 Å². The number of furan rings is 1. The van der Waals surface area contributed by atoms with Gasteiger partial charge in [0.05, 0.1) is 11.2 Å². The van der Waals surface area contributed by atoms with E-state index in [1.165, 1.54) is 33.0 Å². The molecule has 1 fully saturated rings. The highest BCUT2D eigenvalue weighted by Crippen LogP contribution is 2.49. The highest BCUT2D eigenvalue weighted by atomic mass is 16.7. The van der Waals surface area contributed by atoms with Gasteiger partial charge in [-0.1, -0.05) is 78.9 Å². The van der Waals surface area contributed by atoms with E-state index in [1.54, 1.807) is 0 Å². The van der Waals surface area contributed by atoms with Gasteiger partial charge in [-0.25, -0.2) is 0 Å². The lowest BCUT2D eigenvalue weighted by molar-refractivity contribution is 0.00578. The number of para-hydroxylation sites is 1. The van der Waals surface area contributed by atoms with Crippen molar-refractivity contribution in [1.82, 2.24) is 0 Å². The van der Waals surface area contributed by atoms with Gasteiger partial charge >= 0.3 is 7.12 Å². The van der Waals surface area contributed by atoms with Crippen molar-refractivity contribution in [3.05, 3.63) is 91.0 Å². The minimum atomic E-state index is -0.404. The second kappa shape index (κ2) is 7.38. The molecule has 6 aromatic rings. The van der Waals surface area contributed by atoms with Crippen LogP contribution in [0.4, 0.5) is 0 Å². The quantitative estimate of drug-likeness (QED) is 0.226. The van der Waals surface area contributed by atoms with Gasteiger partial charge in [-0.15, -0.1) is 0 Å². The van der Waals surface area contributed by atoms with E-state index in [9.17, 15) is 0 Å². The minimum absolute atomic E-state index is 0.379. The SMILES string of the molecule is CC1(C)OB(c2ccc3oc4c(-c5ccc6c(c5)-c5cccc7cccc-6c57)cccc4c3c2)OC1(C)C. The van der Waals surface area contributed by atoms with Crippen molar-refractivity contribution in [2.45, 2.75) is 38.9 Å². The van der Waals surface area contributed by atoms with E-state index in [2.05, 4.69) is 113 Å². The molecule has 4 heteroatoms. The van der Waals surface area contributed by atoms with Crippen molar-refractivity contribution in [1.29, 1.82) is 0 Å². The molecule has 0 N–H and O–H groups in total. The Morgan fingerprint density at radius 2 is 1.26 bits per heavy atom. The first-order valence-corrected chi connectivity index (χ1v) is 13.3. The molecule has 38 heavy (non-hydrogen) atoms. The Morgan fingerprint density at radius 1 is 0.579 bits per heavy atom. The maximum absolute atomic E-state index is 6.49. The molecule has 1 saturated heterocycles. The highest BCUT2D eigenvalue weighted by molar-refractivity contribution is 6.62. The van der Waals surface area contributed by atoms with Gasteiger partial charge in [-0.2, -0.15) is 0 Å². The number of fused-ring (bicyclic) bond motifs is 6. The summed E-state index contributed by atoms with van der Waals surface area (Å²) >= 11 is 0. The lowest BCUT2D eigenvalue weighted by atomic mass is 9.78. The summed E-state index contributed by atoms with van der Waals surface area (Å²) in [7, 11) is -0.404. The van der Waals surface area contributed by atoms with Crippen molar-refractivity contribution in [3.63, 3.8) is 0 Å². The first kappa shape index (κ1) is 22.2. The Kier molecular flexibility index (Phi) is 4.30. The molecule has 0 atom stereocenters. The standard InChI is InChI=1S/C34H27BO3/c1-33(2)34(3,4)38-35(37-33)22-15-17-30-29(19-22)27-13-7-10-23(32(27)36-30)21-14-16-24-25-11-5-8-20-9-6-12-26(31(20)25)28(24)18-21/h5-19H,1-4H3. The second-order valence-corrected chi connectivity index (χ2v) is 11.6. The van der Waals surface area contributed by atoms with Crippen LogP contribution in [0, 0.1) is 0 Å². The predicted octanol–water partition coefficient (Wildman–Crippen LogP) is 8.35. The lowest BCUT2D eigenvalue weighted by Gasteiger charge is -2.32. The Balaban J connectivity index is 1.26. The van der Waals surface area contributed by atoms with Crippen LogP contribution in [0.5, 0.6) is 0 Å². The first-order chi connectivity index (χ1) is 18.3. The zero-order valence-corrected chi connectivity index (χ0v) is 22.0. The molecule has 0 bridgehead atoms. The fourth-order valence-corrected chi connectivity index (χ4v) is 6.13. The van der Waals surface area contributed by atoms with Gasteiger partial charge in [0.15, 0.2) is 0 Å². The van der Waals surface area contributed by atoms with Crippen molar-refractivity contribution >= 4 is 45.3 Å². The van der Waals surface area contributed by atoms with Crippen molar-refractivity contribution < 1.29 is 13.7 Å². The molecular weight excluding hydrogens is 467 g/mol. The Labute approximate surface area is 222 Å². The molecule has 2 heterocycles. The van der Waals surface area contributed by atoms with Gasteiger partial charge in [-0.3, -0.25) is 0 Å². The largest absolute Gasteiger partial charge is 0.494 e. The average Bonchev–Trinajstić information content (AvgIpc) is 3.51.